The zero-order valence-corrected chi connectivity index (χ0v) is 17.1. The largest absolute Gasteiger partial charge is 0.495 e. The van der Waals surface area contributed by atoms with Gasteiger partial charge in [0, 0.05) is 18.1 Å². The average Bonchev–Trinajstić information content (AvgIpc) is 3.17. The van der Waals surface area contributed by atoms with E-state index in [9.17, 15) is 4.79 Å². The van der Waals surface area contributed by atoms with E-state index in [4.69, 9.17) is 16.3 Å². The van der Waals surface area contributed by atoms with Crippen molar-refractivity contribution in [2.45, 2.75) is 18.9 Å². The minimum Gasteiger partial charge on any atom is -0.495 e. The number of halogens is 1. The van der Waals surface area contributed by atoms with E-state index < -0.39 is 0 Å². The first kappa shape index (κ1) is 19.3. The molecule has 29 heavy (non-hydrogen) atoms. The topological polar surface area (TPSA) is 54.5 Å². The number of pyridine rings is 1. The van der Waals surface area contributed by atoms with Crippen molar-refractivity contribution in [2.75, 3.05) is 19.5 Å². The van der Waals surface area contributed by atoms with Gasteiger partial charge in [0.1, 0.15) is 17.3 Å². The molecule has 0 saturated heterocycles. The lowest BCUT2D eigenvalue weighted by atomic mass is 10.1. The van der Waals surface area contributed by atoms with Gasteiger partial charge in [-0.15, -0.1) is 0 Å². The second kappa shape index (κ2) is 8.13. The Labute approximate surface area is 175 Å². The van der Waals surface area contributed by atoms with Gasteiger partial charge < -0.3 is 15.0 Å². The Hall–Kier alpha value is -3.05. The van der Waals surface area contributed by atoms with Crippen molar-refractivity contribution < 1.29 is 9.53 Å². The molecule has 1 aromatic heterocycles. The summed E-state index contributed by atoms with van der Waals surface area (Å²) < 4.78 is 5.36. The molecule has 4 rings (SSSR count). The van der Waals surface area contributed by atoms with Crippen LogP contribution in [0, 0.1) is 0 Å². The van der Waals surface area contributed by atoms with E-state index in [0.717, 1.165) is 18.5 Å². The molecule has 0 aliphatic heterocycles. The molecule has 1 amide bonds. The predicted octanol–water partition coefficient (Wildman–Crippen LogP) is 4.73. The van der Waals surface area contributed by atoms with Crippen LogP contribution in [0.15, 0.2) is 60.7 Å². The maximum absolute atomic E-state index is 13.1. The number of aromatic nitrogens is 1. The molecule has 0 unspecified atom stereocenters. The molecule has 1 N–H and O–H groups in total. The van der Waals surface area contributed by atoms with E-state index in [1.54, 1.807) is 24.1 Å². The number of fused-ring (bicyclic) bond motifs is 1. The molecule has 0 saturated carbocycles. The molecule has 0 atom stereocenters. The van der Waals surface area contributed by atoms with Crippen LogP contribution in [-0.4, -0.2) is 36.0 Å². The summed E-state index contributed by atoms with van der Waals surface area (Å²) in [7, 11) is 3.43. The lowest BCUT2D eigenvalue weighted by Crippen LogP contribution is -2.38. The number of methoxy groups -OCH3 is 1. The number of nitrogens with zero attached hydrogens (tertiary/aromatic N) is 2. The molecule has 148 valence electrons. The maximum atomic E-state index is 13.1. The van der Waals surface area contributed by atoms with Gasteiger partial charge in [-0.1, -0.05) is 48.0 Å². The van der Waals surface area contributed by atoms with Gasteiger partial charge in [-0.2, -0.15) is 0 Å². The van der Waals surface area contributed by atoms with E-state index >= 15 is 0 Å². The summed E-state index contributed by atoms with van der Waals surface area (Å²) in [5.41, 5.74) is 3.67. The van der Waals surface area contributed by atoms with Crippen molar-refractivity contribution >= 4 is 29.0 Å². The zero-order chi connectivity index (χ0) is 20.4. The first-order valence-corrected chi connectivity index (χ1v) is 9.84. The number of anilines is 2. The number of amides is 1. The molecule has 0 fully saturated rings. The highest BCUT2D eigenvalue weighted by atomic mass is 35.5. The number of likely N-dealkylation sites (N-methyl/N-ethyl adjacent to an activating group) is 1. The minimum atomic E-state index is -0.145. The summed E-state index contributed by atoms with van der Waals surface area (Å²) in [6, 6.07) is 19.3. The smallest absolute Gasteiger partial charge is 0.272 e. The highest BCUT2D eigenvalue weighted by Crippen LogP contribution is 2.29. The summed E-state index contributed by atoms with van der Waals surface area (Å²) in [6.07, 6.45) is 1.70. The van der Waals surface area contributed by atoms with Crippen LogP contribution < -0.4 is 10.1 Å². The van der Waals surface area contributed by atoms with Crippen LogP contribution in [0.25, 0.3) is 0 Å². The standard InChI is InChI=1S/C23H22ClN3O2/c1-27(18-11-15-7-3-4-8-16(15)12-18)23(28)20-13-17(24)14-22(26-20)25-19-9-5-6-10-21(19)29-2/h3-10,13-14,18H,11-12H2,1-2H3,(H,25,26). The van der Waals surface area contributed by atoms with E-state index in [-0.39, 0.29) is 11.9 Å². The Morgan fingerprint density at radius 3 is 2.45 bits per heavy atom. The number of rotatable bonds is 5. The number of nitrogens with one attached hydrogen (secondary N) is 1. The Morgan fingerprint density at radius 1 is 1.10 bits per heavy atom. The van der Waals surface area contributed by atoms with E-state index in [2.05, 4.69) is 22.4 Å². The number of carbonyl (C=O) groups excluding carboxylic acids is 1. The molecule has 1 aliphatic rings. The fourth-order valence-electron chi connectivity index (χ4n) is 3.71. The van der Waals surface area contributed by atoms with Crippen LogP contribution in [0.1, 0.15) is 21.6 Å². The number of ether oxygens (including phenoxy) is 1. The highest BCUT2D eigenvalue weighted by molar-refractivity contribution is 6.31. The first-order chi connectivity index (χ1) is 14.0. The number of hydrogen-bond acceptors (Lipinski definition) is 4. The van der Waals surface area contributed by atoms with Crippen molar-refractivity contribution in [3.8, 4) is 5.75 Å². The van der Waals surface area contributed by atoms with E-state index in [1.807, 2.05) is 43.4 Å². The van der Waals surface area contributed by atoms with Crippen molar-refractivity contribution in [3.63, 3.8) is 0 Å². The van der Waals surface area contributed by atoms with Gasteiger partial charge in [-0.3, -0.25) is 4.79 Å². The Bertz CT molecular complexity index is 1030. The molecule has 0 bridgehead atoms. The van der Waals surface area contributed by atoms with Gasteiger partial charge in [0.25, 0.3) is 5.91 Å². The normalized spacial score (nSPS) is 13.1. The third kappa shape index (κ3) is 4.05. The lowest BCUT2D eigenvalue weighted by molar-refractivity contribution is 0.0732. The number of carbonyl (C=O) groups is 1. The highest BCUT2D eigenvalue weighted by Gasteiger charge is 2.28. The van der Waals surface area contributed by atoms with Crippen molar-refractivity contribution in [3.05, 3.63) is 82.5 Å². The van der Waals surface area contributed by atoms with Gasteiger partial charge >= 0.3 is 0 Å². The summed E-state index contributed by atoms with van der Waals surface area (Å²) in [6.45, 7) is 0. The molecule has 1 heterocycles. The van der Waals surface area contributed by atoms with Crippen LogP contribution in [0.3, 0.4) is 0 Å². The fourth-order valence-corrected chi connectivity index (χ4v) is 3.92. The van der Waals surface area contributed by atoms with Gasteiger partial charge in [-0.25, -0.2) is 4.98 Å². The summed E-state index contributed by atoms with van der Waals surface area (Å²) in [5.74, 6) is 1.03. The second-order valence-electron chi connectivity index (χ2n) is 7.13. The summed E-state index contributed by atoms with van der Waals surface area (Å²) in [5, 5.41) is 3.64. The fraction of sp³-hybridized carbons (Fsp3) is 0.217. The molecule has 3 aromatic rings. The molecular formula is C23H22ClN3O2. The number of para-hydroxylation sites is 2. The molecular weight excluding hydrogens is 386 g/mol. The van der Waals surface area contributed by atoms with Crippen LogP contribution in [0.4, 0.5) is 11.5 Å². The monoisotopic (exact) mass is 407 g/mol. The van der Waals surface area contributed by atoms with Crippen LogP contribution in [0.5, 0.6) is 5.75 Å². The predicted molar refractivity (Wildman–Crippen MR) is 115 cm³/mol. The molecule has 2 aromatic carbocycles. The third-order valence-electron chi connectivity index (χ3n) is 5.28. The van der Waals surface area contributed by atoms with Crippen LogP contribution in [0.2, 0.25) is 5.02 Å². The SMILES string of the molecule is COc1ccccc1Nc1cc(Cl)cc(C(=O)N(C)C2Cc3ccccc3C2)n1. The Morgan fingerprint density at radius 2 is 1.76 bits per heavy atom. The first-order valence-electron chi connectivity index (χ1n) is 9.46. The minimum absolute atomic E-state index is 0.117. The zero-order valence-electron chi connectivity index (χ0n) is 16.4. The van der Waals surface area contributed by atoms with Gasteiger partial charge in [-0.05, 0) is 48.2 Å². The van der Waals surface area contributed by atoms with Crippen LogP contribution >= 0.6 is 11.6 Å². The Kier molecular flexibility index (Phi) is 5.41. The van der Waals surface area contributed by atoms with Crippen molar-refractivity contribution in [1.29, 1.82) is 0 Å². The summed E-state index contributed by atoms with van der Waals surface area (Å²) in [4.78, 5) is 19.4. The Balaban J connectivity index is 1.55. The molecule has 6 heteroatoms. The average molecular weight is 408 g/mol. The van der Waals surface area contributed by atoms with Gasteiger partial charge in [0.2, 0.25) is 0 Å². The number of hydrogen-bond donors (Lipinski definition) is 1. The van der Waals surface area contributed by atoms with E-state index in [1.165, 1.54) is 11.1 Å². The molecule has 5 nitrogen and oxygen atoms in total. The third-order valence-corrected chi connectivity index (χ3v) is 5.49. The molecule has 0 spiro atoms. The molecule has 0 radical (unpaired) electrons. The van der Waals surface area contributed by atoms with Crippen molar-refractivity contribution in [2.24, 2.45) is 0 Å². The second-order valence-corrected chi connectivity index (χ2v) is 7.56. The van der Waals surface area contributed by atoms with Crippen LogP contribution in [-0.2, 0) is 12.8 Å². The number of benzene rings is 2. The van der Waals surface area contributed by atoms with E-state index in [0.29, 0.717) is 22.3 Å². The van der Waals surface area contributed by atoms with Gasteiger partial charge in [0.05, 0.1) is 12.8 Å². The maximum Gasteiger partial charge on any atom is 0.272 e. The summed E-state index contributed by atoms with van der Waals surface area (Å²) >= 11 is 6.29. The van der Waals surface area contributed by atoms with Crippen molar-refractivity contribution in [1.82, 2.24) is 9.88 Å². The quantitative estimate of drug-likeness (QED) is 0.664. The molecule has 1 aliphatic carbocycles. The van der Waals surface area contributed by atoms with Gasteiger partial charge in [0.15, 0.2) is 0 Å². The lowest BCUT2D eigenvalue weighted by Gasteiger charge is -2.24.